The first-order valence-corrected chi connectivity index (χ1v) is 8.90. The maximum absolute atomic E-state index is 13.1. The van der Waals surface area contributed by atoms with Crippen LogP contribution in [-0.2, 0) is 14.8 Å². The minimum absolute atomic E-state index is 0.0354. The Hall–Kier alpha value is -2.03. The van der Waals surface area contributed by atoms with Crippen LogP contribution in [0.4, 0.5) is 10.1 Å². The third-order valence-electron chi connectivity index (χ3n) is 3.19. The van der Waals surface area contributed by atoms with Crippen molar-refractivity contribution in [2.75, 3.05) is 18.0 Å². The molecule has 0 unspecified atom stereocenters. The molecule has 134 valence electrons. The number of sulfonamides is 1. The molecule has 0 heterocycles. The van der Waals surface area contributed by atoms with Gasteiger partial charge in [-0.15, -0.1) is 0 Å². The molecule has 0 saturated heterocycles. The number of carboxylic acid groups (broad SMARTS) is 1. The normalized spacial score (nSPS) is 11.2. The molecule has 2 rings (SSSR count). The van der Waals surface area contributed by atoms with Crippen molar-refractivity contribution in [1.82, 2.24) is 0 Å². The number of carbonyl (C=O) groups is 1. The van der Waals surface area contributed by atoms with Crippen LogP contribution >= 0.6 is 23.2 Å². The molecule has 1 N–H and O–H groups in total. The molecule has 2 aromatic carbocycles. The molecule has 0 aliphatic rings. The zero-order valence-electron chi connectivity index (χ0n) is 12.7. The lowest BCUT2D eigenvalue weighted by molar-refractivity contribution is -0.135. The number of methoxy groups -OCH3 is 1. The standard InChI is InChI=1S/C15H12Cl2FNO5S/c1-24-11-6-7-12(15(17)14(11)16)25(22,23)19(8-13(20)21)10-4-2-9(18)3-5-10/h2-7H,8H2,1H3,(H,20,21). The van der Waals surface area contributed by atoms with Crippen LogP contribution in [0.5, 0.6) is 5.75 Å². The smallest absolute Gasteiger partial charge is 0.324 e. The number of aliphatic carboxylic acids is 1. The fraction of sp³-hybridized carbons (Fsp3) is 0.133. The van der Waals surface area contributed by atoms with Gasteiger partial charge in [-0.3, -0.25) is 9.10 Å². The van der Waals surface area contributed by atoms with E-state index in [4.69, 9.17) is 33.0 Å². The van der Waals surface area contributed by atoms with Gasteiger partial charge in [-0.05, 0) is 36.4 Å². The van der Waals surface area contributed by atoms with Gasteiger partial charge in [-0.2, -0.15) is 0 Å². The monoisotopic (exact) mass is 407 g/mol. The zero-order chi connectivity index (χ0) is 18.8. The molecular weight excluding hydrogens is 396 g/mol. The van der Waals surface area contributed by atoms with Gasteiger partial charge < -0.3 is 9.84 Å². The highest BCUT2D eigenvalue weighted by Crippen LogP contribution is 2.38. The minimum atomic E-state index is -4.38. The highest BCUT2D eigenvalue weighted by atomic mass is 35.5. The molecule has 2 aromatic rings. The van der Waals surface area contributed by atoms with E-state index in [2.05, 4.69) is 0 Å². The van der Waals surface area contributed by atoms with Crippen LogP contribution in [0.1, 0.15) is 0 Å². The predicted molar refractivity (Wildman–Crippen MR) is 91.6 cm³/mol. The number of anilines is 1. The molecule has 25 heavy (non-hydrogen) atoms. The number of ether oxygens (including phenoxy) is 1. The quantitative estimate of drug-likeness (QED) is 0.792. The molecule has 0 aliphatic heterocycles. The molecule has 0 spiro atoms. The Labute approximate surface area is 153 Å². The highest BCUT2D eigenvalue weighted by Gasteiger charge is 2.30. The van der Waals surface area contributed by atoms with Crippen LogP contribution in [0.15, 0.2) is 41.3 Å². The van der Waals surface area contributed by atoms with Crippen LogP contribution in [0.25, 0.3) is 0 Å². The van der Waals surface area contributed by atoms with E-state index < -0.39 is 33.3 Å². The van der Waals surface area contributed by atoms with E-state index in [1.807, 2.05) is 0 Å². The molecule has 0 fully saturated rings. The van der Waals surface area contributed by atoms with Gasteiger partial charge in [-0.25, -0.2) is 12.8 Å². The first-order chi connectivity index (χ1) is 11.7. The fourth-order valence-electron chi connectivity index (χ4n) is 2.03. The summed E-state index contributed by atoms with van der Waals surface area (Å²) in [5.41, 5.74) is -0.0354. The molecule has 0 bridgehead atoms. The van der Waals surface area contributed by atoms with E-state index >= 15 is 0 Å². The van der Waals surface area contributed by atoms with Gasteiger partial charge in [0.2, 0.25) is 0 Å². The molecule has 0 radical (unpaired) electrons. The number of hydrogen-bond donors (Lipinski definition) is 1. The number of nitrogens with zero attached hydrogens (tertiary/aromatic N) is 1. The van der Waals surface area contributed by atoms with Gasteiger partial charge >= 0.3 is 5.97 Å². The topological polar surface area (TPSA) is 83.9 Å². The Bertz CT molecular complexity index is 903. The maximum Gasteiger partial charge on any atom is 0.324 e. The van der Waals surface area contributed by atoms with Crippen LogP contribution in [0.3, 0.4) is 0 Å². The Morgan fingerprint density at radius 1 is 1.16 bits per heavy atom. The molecule has 0 atom stereocenters. The van der Waals surface area contributed by atoms with Gasteiger partial charge in [-0.1, -0.05) is 23.2 Å². The van der Waals surface area contributed by atoms with Crippen LogP contribution in [0, 0.1) is 5.82 Å². The molecule has 0 amide bonds. The van der Waals surface area contributed by atoms with Crippen molar-refractivity contribution in [3.8, 4) is 5.75 Å². The van der Waals surface area contributed by atoms with Crippen molar-refractivity contribution in [1.29, 1.82) is 0 Å². The Kier molecular flexibility index (Phi) is 5.76. The second-order valence-electron chi connectivity index (χ2n) is 4.78. The van der Waals surface area contributed by atoms with Crippen LogP contribution < -0.4 is 9.04 Å². The summed E-state index contributed by atoms with van der Waals surface area (Å²) in [6.07, 6.45) is 0. The SMILES string of the molecule is COc1ccc(S(=O)(=O)N(CC(=O)O)c2ccc(F)cc2)c(Cl)c1Cl. The molecule has 6 nitrogen and oxygen atoms in total. The Morgan fingerprint density at radius 2 is 1.76 bits per heavy atom. The molecular formula is C15H12Cl2FNO5S. The van der Waals surface area contributed by atoms with Crippen LogP contribution in [0.2, 0.25) is 10.0 Å². The second-order valence-corrected chi connectivity index (χ2v) is 7.36. The van der Waals surface area contributed by atoms with Crippen molar-refractivity contribution in [2.24, 2.45) is 0 Å². The lowest BCUT2D eigenvalue weighted by Gasteiger charge is -2.23. The van der Waals surface area contributed by atoms with E-state index in [-0.39, 0.29) is 21.5 Å². The number of rotatable bonds is 6. The average molecular weight is 408 g/mol. The summed E-state index contributed by atoms with van der Waals surface area (Å²) >= 11 is 12.0. The summed E-state index contributed by atoms with van der Waals surface area (Å²) in [4.78, 5) is 10.7. The van der Waals surface area contributed by atoms with E-state index in [9.17, 15) is 17.6 Å². The van der Waals surface area contributed by atoms with Gasteiger partial charge in [0.25, 0.3) is 10.0 Å². The van der Waals surface area contributed by atoms with Crippen molar-refractivity contribution in [3.05, 3.63) is 52.3 Å². The summed E-state index contributed by atoms with van der Waals surface area (Å²) in [6.45, 7) is -0.881. The van der Waals surface area contributed by atoms with Crippen molar-refractivity contribution in [2.45, 2.75) is 4.90 Å². The first kappa shape index (κ1) is 19.3. The van der Waals surface area contributed by atoms with Crippen molar-refractivity contribution >= 4 is 44.9 Å². The number of hydrogen-bond acceptors (Lipinski definition) is 4. The molecule has 0 aromatic heterocycles. The molecule has 10 heteroatoms. The van der Waals surface area contributed by atoms with E-state index in [0.717, 1.165) is 30.3 Å². The molecule has 0 aliphatic carbocycles. The fourth-order valence-corrected chi connectivity index (χ4v) is 4.27. The van der Waals surface area contributed by atoms with E-state index in [1.165, 1.54) is 13.2 Å². The van der Waals surface area contributed by atoms with Crippen molar-refractivity contribution in [3.63, 3.8) is 0 Å². The summed E-state index contributed by atoms with van der Waals surface area (Å²) < 4.78 is 44.5. The van der Waals surface area contributed by atoms with Gasteiger partial charge in [0, 0.05) is 0 Å². The lowest BCUT2D eigenvalue weighted by Crippen LogP contribution is -2.36. The highest BCUT2D eigenvalue weighted by molar-refractivity contribution is 7.93. The molecule has 0 saturated carbocycles. The zero-order valence-corrected chi connectivity index (χ0v) is 15.1. The van der Waals surface area contributed by atoms with E-state index in [0.29, 0.717) is 4.31 Å². The predicted octanol–water partition coefficient (Wildman–Crippen LogP) is 3.42. The summed E-state index contributed by atoms with van der Waals surface area (Å²) in [7, 11) is -3.05. The third kappa shape index (κ3) is 3.97. The Balaban J connectivity index is 2.61. The second kappa shape index (κ2) is 7.47. The van der Waals surface area contributed by atoms with E-state index in [1.54, 1.807) is 0 Å². The van der Waals surface area contributed by atoms with Gasteiger partial charge in [0.1, 0.15) is 28.0 Å². The number of carboxylic acids is 1. The summed E-state index contributed by atoms with van der Waals surface area (Å²) in [5.74, 6) is -1.83. The minimum Gasteiger partial charge on any atom is -0.495 e. The van der Waals surface area contributed by atoms with Gasteiger partial charge in [0.15, 0.2) is 0 Å². The average Bonchev–Trinajstić information content (AvgIpc) is 2.55. The lowest BCUT2D eigenvalue weighted by atomic mass is 10.3. The number of benzene rings is 2. The van der Waals surface area contributed by atoms with Gasteiger partial charge in [0.05, 0.1) is 17.8 Å². The number of halogens is 3. The summed E-state index contributed by atoms with van der Waals surface area (Å²) in [6, 6.07) is 6.78. The largest absolute Gasteiger partial charge is 0.495 e. The van der Waals surface area contributed by atoms with Crippen LogP contribution in [-0.4, -0.2) is 33.1 Å². The summed E-state index contributed by atoms with van der Waals surface area (Å²) in [5, 5.41) is 8.62. The maximum atomic E-state index is 13.1. The third-order valence-corrected chi connectivity index (χ3v) is 5.99. The van der Waals surface area contributed by atoms with Crippen molar-refractivity contribution < 1.29 is 27.4 Å². The first-order valence-electron chi connectivity index (χ1n) is 6.70. The Morgan fingerprint density at radius 3 is 2.28 bits per heavy atom.